The van der Waals surface area contributed by atoms with E-state index in [1.165, 1.54) is 21.9 Å². The van der Waals surface area contributed by atoms with E-state index in [0.29, 0.717) is 0 Å². The number of allylic oxidation sites excluding steroid dienone is 1. The molecule has 0 aliphatic carbocycles. The predicted octanol–water partition coefficient (Wildman–Crippen LogP) is 4.90. The van der Waals surface area contributed by atoms with E-state index < -0.39 is 0 Å². The topological polar surface area (TPSA) is 0 Å². The summed E-state index contributed by atoms with van der Waals surface area (Å²) in [6.07, 6.45) is 0. The maximum absolute atomic E-state index is 4.25. The summed E-state index contributed by atoms with van der Waals surface area (Å²) in [5.74, 6) is 0. The molecule has 0 heteroatoms. The Morgan fingerprint density at radius 3 is 2.25 bits per heavy atom. The number of hydrogen-bond acceptors (Lipinski definition) is 0. The van der Waals surface area contributed by atoms with Gasteiger partial charge in [0.15, 0.2) is 0 Å². The second kappa shape index (κ2) is 3.79. The van der Waals surface area contributed by atoms with Crippen molar-refractivity contribution in [2.45, 2.75) is 20.8 Å². The largest absolute Gasteiger partial charge is 0.0947 e. The first kappa shape index (κ1) is 10.9. The molecule has 2 rings (SSSR count). The molecule has 16 heavy (non-hydrogen) atoms. The van der Waals surface area contributed by atoms with E-state index in [0.717, 1.165) is 0 Å². The quantitative estimate of drug-likeness (QED) is 0.628. The predicted molar refractivity (Wildman–Crippen MR) is 72.4 cm³/mol. The first-order valence-electron chi connectivity index (χ1n) is 5.67. The van der Waals surface area contributed by atoms with Gasteiger partial charge >= 0.3 is 0 Å². The summed E-state index contributed by atoms with van der Waals surface area (Å²) >= 11 is 0. The van der Waals surface area contributed by atoms with E-state index in [4.69, 9.17) is 0 Å². The molecule has 0 amide bonds. The molecular weight excluding hydrogens is 192 g/mol. The highest BCUT2D eigenvalue weighted by Gasteiger charge is 2.17. The first-order chi connectivity index (χ1) is 7.50. The Morgan fingerprint density at radius 1 is 0.938 bits per heavy atom. The molecule has 0 radical (unpaired) electrons. The average Bonchev–Trinajstić information content (AvgIpc) is 2.26. The lowest BCUT2D eigenvalue weighted by Gasteiger charge is -2.23. The number of benzene rings is 2. The molecule has 0 saturated heterocycles. The van der Waals surface area contributed by atoms with Crippen molar-refractivity contribution in [3.63, 3.8) is 0 Å². The zero-order chi connectivity index (χ0) is 11.8. The van der Waals surface area contributed by atoms with Crippen LogP contribution in [0.3, 0.4) is 0 Å². The summed E-state index contributed by atoms with van der Waals surface area (Å²) in [5, 5.41) is 2.58. The highest BCUT2D eigenvalue weighted by Crippen LogP contribution is 2.35. The lowest BCUT2D eigenvalue weighted by molar-refractivity contribution is 0.568. The number of hydrogen-bond donors (Lipinski definition) is 0. The second-order valence-electron chi connectivity index (χ2n) is 5.26. The fourth-order valence-corrected chi connectivity index (χ4v) is 1.89. The SMILES string of the molecule is C=C(c1cccc2ccccc12)C(C)(C)C. The van der Waals surface area contributed by atoms with Crippen molar-refractivity contribution in [1.82, 2.24) is 0 Å². The number of rotatable bonds is 1. The first-order valence-corrected chi connectivity index (χ1v) is 5.67. The molecule has 0 N–H and O–H groups in total. The van der Waals surface area contributed by atoms with Crippen LogP contribution in [0.4, 0.5) is 0 Å². The van der Waals surface area contributed by atoms with Gasteiger partial charge in [0.1, 0.15) is 0 Å². The van der Waals surface area contributed by atoms with E-state index in [1.54, 1.807) is 0 Å². The third kappa shape index (κ3) is 1.88. The fourth-order valence-electron chi connectivity index (χ4n) is 1.89. The molecule has 0 spiro atoms. The molecule has 0 fully saturated rings. The van der Waals surface area contributed by atoms with Crippen LogP contribution in [0.15, 0.2) is 49.0 Å². The van der Waals surface area contributed by atoms with Crippen molar-refractivity contribution in [1.29, 1.82) is 0 Å². The highest BCUT2D eigenvalue weighted by molar-refractivity contribution is 5.94. The van der Waals surface area contributed by atoms with Gasteiger partial charge in [-0.2, -0.15) is 0 Å². The van der Waals surface area contributed by atoms with Crippen molar-refractivity contribution in [2.24, 2.45) is 5.41 Å². The van der Waals surface area contributed by atoms with Gasteiger partial charge in [-0.1, -0.05) is 69.8 Å². The van der Waals surface area contributed by atoms with Crippen molar-refractivity contribution < 1.29 is 0 Å². The van der Waals surface area contributed by atoms with Gasteiger partial charge in [0.05, 0.1) is 0 Å². The minimum Gasteiger partial charge on any atom is -0.0947 e. The summed E-state index contributed by atoms with van der Waals surface area (Å²) in [5.41, 5.74) is 2.58. The van der Waals surface area contributed by atoms with Crippen LogP contribution in [0, 0.1) is 5.41 Å². The second-order valence-corrected chi connectivity index (χ2v) is 5.26. The van der Waals surface area contributed by atoms with Gasteiger partial charge in [-0.25, -0.2) is 0 Å². The molecule has 0 saturated carbocycles. The molecule has 0 nitrogen and oxygen atoms in total. The van der Waals surface area contributed by atoms with Crippen molar-refractivity contribution in [3.8, 4) is 0 Å². The molecule has 2 aromatic carbocycles. The molecule has 0 heterocycles. The third-order valence-corrected chi connectivity index (χ3v) is 3.02. The lowest BCUT2D eigenvalue weighted by atomic mass is 9.81. The Kier molecular flexibility index (Phi) is 2.59. The van der Waals surface area contributed by atoms with Gasteiger partial charge < -0.3 is 0 Å². The Bertz CT molecular complexity index is 522. The lowest BCUT2D eigenvalue weighted by Crippen LogP contribution is -2.07. The van der Waals surface area contributed by atoms with Gasteiger partial charge in [-0.05, 0) is 27.3 Å². The van der Waals surface area contributed by atoms with E-state index in [-0.39, 0.29) is 5.41 Å². The van der Waals surface area contributed by atoms with Gasteiger partial charge in [0.2, 0.25) is 0 Å². The van der Waals surface area contributed by atoms with Crippen LogP contribution >= 0.6 is 0 Å². The zero-order valence-corrected chi connectivity index (χ0v) is 10.2. The van der Waals surface area contributed by atoms with Crippen molar-refractivity contribution >= 4 is 16.3 Å². The maximum atomic E-state index is 4.25. The Morgan fingerprint density at radius 2 is 1.56 bits per heavy atom. The minimum atomic E-state index is 0.115. The standard InChI is InChI=1S/C16H18/c1-12(16(2,3)4)14-11-7-9-13-8-5-6-10-15(13)14/h5-11H,1H2,2-4H3. The van der Waals surface area contributed by atoms with Gasteiger partial charge in [-0.15, -0.1) is 0 Å². The molecule has 0 aliphatic rings. The molecule has 0 aromatic heterocycles. The van der Waals surface area contributed by atoms with Crippen LogP contribution in [-0.4, -0.2) is 0 Å². The Balaban J connectivity index is 2.66. The van der Waals surface area contributed by atoms with Gasteiger partial charge in [0, 0.05) is 0 Å². The van der Waals surface area contributed by atoms with Crippen LogP contribution in [0.1, 0.15) is 26.3 Å². The van der Waals surface area contributed by atoms with Crippen molar-refractivity contribution in [3.05, 3.63) is 54.6 Å². The summed E-state index contributed by atoms with van der Waals surface area (Å²) < 4.78 is 0. The van der Waals surface area contributed by atoms with Crippen LogP contribution < -0.4 is 0 Å². The molecule has 0 aliphatic heterocycles. The van der Waals surface area contributed by atoms with Gasteiger partial charge in [0.25, 0.3) is 0 Å². The Hall–Kier alpha value is -1.56. The Labute approximate surface area is 97.6 Å². The fraction of sp³-hybridized carbons (Fsp3) is 0.250. The van der Waals surface area contributed by atoms with Gasteiger partial charge in [-0.3, -0.25) is 0 Å². The van der Waals surface area contributed by atoms with E-state index in [9.17, 15) is 0 Å². The minimum absolute atomic E-state index is 0.115. The zero-order valence-electron chi connectivity index (χ0n) is 10.2. The van der Waals surface area contributed by atoms with E-state index in [2.05, 4.69) is 69.8 Å². The summed E-state index contributed by atoms with van der Waals surface area (Å²) in [6.45, 7) is 10.9. The molecule has 82 valence electrons. The third-order valence-electron chi connectivity index (χ3n) is 3.02. The molecule has 0 atom stereocenters. The summed E-state index contributed by atoms with van der Waals surface area (Å²) in [7, 11) is 0. The van der Waals surface area contributed by atoms with Crippen LogP contribution in [0.25, 0.3) is 16.3 Å². The smallest absolute Gasteiger partial charge is 0.0109 e. The molecule has 0 bridgehead atoms. The highest BCUT2D eigenvalue weighted by atomic mass is 14.2. The van der Waals surface area contributed by atoms with Crippen LogP contribution in [0.2, 0.25) is 0 Å². The summed E-state index contributed by atoms with van der Waals surface area (Å²) in [4.78, 5) is 0. The normalized spacial score (nSPS) is 11.7. The molecular formula is C16H18. The summed E-state index contributed by atoms with van der Waals surface area (Å²) in [6, 6.07) is 14.9. The van der Waals surface area contributed by atoms with Crippen molar-refractivity contribution in [2.75, 3.05) is 0 Å². The van der Waals surface area contributed by atoms with E-state index in [1.807, 2.05) is 0 Å². The maximum Gasteiger partial charge on any atom is -0.0109 e. The van der Waals surface area contributed by atoms with E-state index >= 15 is 0 Å². The molecule has 0 unspecified atom stereocenters. The number of fused-ring (bicyclic) bond motifs is 1. The molecule has 2 aromatic rings. The van der Waals surface area contributed by atoms with Crippen LogP contribution in [-0.2, 0) is 0 Å². The monoisotopic (exact) mass is 210 g/mol. The van der Waals surface area contributed by atoms with Crippen LogP contribution in [0.5, 0.6) is 0 Å². The average molecular weight is 210 g/mol.